The Labute approximate surface area is 139 Å². The summed E-state index contributed by atoms with van der Waals surface area (Å²) in [5.74, 6) is 0.965. The summed E-state index contributed by atoms with van der Waals surface area (Å²) < 4.78 is 7.78. The van der Waals surface area contributed by atoms with Gasteiger partial charge >= 0.3 is 0 Å². The molecule has 0 spiro atoms. The lowest BCUT2D eigenvalue weighted by Crippen LogP contribution is -2.01. The van der Waals surface area contributed by atoms with E-state index in [-0.39, 0.29) is 0 Å². The molecule has 0 saturated heterocycles. The predicted octanol–water partition coefficient (Wildman–Crippen LogP) is 4.69. The molecule has 2 aromatic carbocycles. The molecule has 2 N–H and O–H groups in total. The second kappa shape index (κ2) is 5.40. The van der Waals surface area contributed by atoms with Crippen LogP contribution in [0.1, 0.15) is 0 Å². The summed E-state index contributed by atoms with van der Waals surface area (Å²) in [7, 11) is 1.59. The monoisotopic (exact) mass is 385 g/mol. The number of para-hydroxylation sites is 1. The van der Waals surface area contributed by atoms with Crippen molar-refractivity contribution >= 4 is 56.1 Å². The lowest BCUT2D eigenvalue weighted by molar-refractivity contribution is 0.419. The highest BCUT2D eigenvalue weighted by molar-refractivity contribution is 9.10. The predicted molar refractivity (Wildman–Crippen MR) is 89.8 cm³/mol. The number of methoxy groups -OCH3 is 1. The van der Waals surface area contributed by atoms with Gasteiger partial charge in [0.05, 0.1) is 28.4 Å². The number of benzene rings is 2. The molecule has 3 aromatic rings. The van der Waals surface area contributed by atoms with Crippen LogP contribution in [0.15, 0.2) is 34.8 Å². The first kappa shape index (κ1) is 14.5. The smallest absolute Gasteiger partial charge is 0.206 e. The first-order valence-corrected chi connectivity index (χ1v) is 7.54. The van der Waals surface area contributed by atoms with Gasteiger partial charge in [-0.05, 0) is 40.2 Å². The summed E-state index contributed by atoms with van der Waals surface area (Å²) in [6.07, 6.45) is 0. The standard InChI is InChI=1S/C14H10BrCl2N3O/c1-21-10-4-2-3-9-13(10)19-14(18)20(9)8-6-5-7(15)11(16)12(8)17/h2-6H,1H3,(H2,18,19). The third kappa shape index (κ3) is 2.25. The van der Waals surface area contributed by atoms with Crippen molar-refractivity contribution in [2.24, 2.45) is 0 Å². The summed E-state index contributed by atoms with van der Waals surface area (Å²) in [5, 5.41) is 0.832. The fourth-order valence-corrected chi connectivity index (χ4v) is 3.05. The molecule has 7 heteroatoms. The molecule has 0 aliphatic rings. The van der Waals surface area contributed by atoms with E-state index in [4.69, 9.17) is 33.7 Å². The number of nitrogens with zero attached hydrogens (tertiary/aromatic N) is 2. The van der Waals surface area contributed by atoms with Gasteiger partial charge in [0, 0.05) is 4.47 Å². The number of hydrogen-bond donors (Lipinski definition) is 1. The summed E-state index contributed by atoms with van der Waals surface area (Å²) in [6.45, 7) is 0. The molecule has 0 bridgehead atoms. The van der Waals surface area contributed by atoms with Crippen molar-refractivity contribution in [2.45, 2.75) is 0 Å². The number of anilines is 1. The van der Waals surface area contributed by atoms with Gasteiger partial charge in [0.2, 0.25) is 5.95 Å². The number of halogens is 3. The molecule has 0 unspecified atom stereocenters. The number of imidazole rings is 1. The molecule has 0 saturated carbocycles. The third-order valence-electron chi connectivity index (χ3n) is 3.15. The number of nitrogens with two attached hydrogens (primary N) is 1. The molecular weight excluding hydrogens is 377 g/mol. The zero-order chi connectivity index (χ0) is 15.1. The number of rotatable bonds is 2. The highest BCUT2D eigenvalue weighted by Crippen LogP contribution is 2.38. The van der Waals surface area contributed by atoms with Crippen molar-refractivity contribution in [3.63, 3.8) is 0 Å². The Balaban J connectivity index is 2.36. The molecule has 108 valence electrons. The largest absolute Gasteiger partial charge is 0.494 e. The Kier molecular flexibility index (Phi) is 3.73. The van der Waals surface area contributed by atoms with Crippen molar-refractivity contribution in [3.05, 3.63) is 44.8 Å². The van der Waals surface area contributed by atoms with Crippen LogP contribution >= 0.6 is 39.1 Å². The van der Waals surface area contributed by atoms with Crippen LogP contribution in [0.25, 0.3) is 16.7 Å². The number of hydrogen-bond acceptors (Lipinski definition) is 3. The quantitative estimate of drug-likeness (QED) is 0.650. The van der Waals surface area contributed by atoms with Gasteiger partial charge in [-0.15, -0.1) is 0 Å². The highest BCUT2D eigenvalue weighted by Gasteiger charge is 2.17. The molecule has 0 atom stereocenters. The second-order valence-corrected chi connectivity index (χ2v) is 5.94. The van der Waals surface area contributed by atoms with Crippen molar-refractivity contribution in [1.29, 1.82) is 0 Å². The third-order valence-corrected chi connectivity index (χ3v) is 4.91. The van der Waals surface area contributed by atoms with Crippen molar-refractivity contribution in [1.82, 2.24) is 9.55 Å². The first-order chi connectivity index (χ1) is 10.0. The normalized spacial score (nSPS) is 11.0. The maximum atomic E-state index is 6.34. The van der Waals surface area contributed by atoms with Crippen LogP contribution in [-0.2, 0) is 0 Å². The van der Waals surface area contributed by atoms with E-state index < -0.39 is 0 Å². The number of ether oxygens (including phenoxy) is 1. The molecule has 0 fully saturated rings. The van der Waals surface area contributed by atoms with Crippen LogP contribution in [0, 0.1) is 0 Å². The minimum absolute atomic E-state index is 0.315. The van der Waals surface area contributed by atoms with Gasteiger partial charge in [-0.2, -0.15) is 0 Å². The molecule has 21 heavy (non-hydrogen) atoms. The van der Waals surface area contributed by atoms with Crippen molar-refractivity contribution < 1.29 is 4.74 Å². The van der Waals surface area contributed by atoms with Gasteiger partial charge < -0.3 is 10.5 Å². The first-order valence-electron chi connectivity index (χ1n) is 5.99. The van der Waals surface area contributed by atoms with Crippen molar-refractivity contribution in [3.8, 4) is 11.4 Å². The Morgan fingerprint density at radius 2 is 1.95 bits per heavy atom. The Morgan fingerprint density at radius 3 is 2.67 bits per heavy atom. The van der Waals surface area contributed by atoms with E-state index >= 15 is 0 Å². The number of fused-ring (bicyclic) bond motifs is 1. The summed E-state index contributed by atoms with van der Waals surface area (Å²) in [4.78, 5) is 4.36. The highest BCUT2D eigenvalue weighted by atomic mass is 79.9. The van der Waals surface area contributed by atoms with E-state index in [2.05, 4.69) is 20.9 Å². The van der Waals surface area contributed by atoms with Crippen LogP contribution in [0.3, 0.4) is 0 Å². The minimum Gasteiger partial charge on any atom is -0.494 e. The van der Waals surface area contributed by atoms with Gasteiger partial charge in [0.1, 0.15) is 11.3 Å². The fourth-order valence-electron chi connectivity index (χ4n) is 2.20. The van der Waals surface area contributed by atoms with Gasteiger partial charge in [0.15, 0.2) is 0 Å². The van der Waals surface area contributed by atoms with Gasteiger partial charge in [-0.1, -0.05) is 29.3 Å². The average Bonchev–Trinajstić information content (AvgIpc) is 2.81. The number of nitrogen functional groups attached to an aromatic ring is 1. The second-order valence-electron chi connectivity index (χ2n) is 4.33. The van der Waals surface area contributed by atoms with E-state index in [1.165, 1.54) is 0 Å². The molecule has 0 amide bonds. The SMILES string of the molecule is COc1cccc2c1nc(N)n2-c1ccc(Br)c(Cl)c1Cl. The molecule has 0 aliphatic heterocycles. The van der Waals surface area contributed by atoms with Gasteiger partial charge in [0.25, 0.3) is 0 Å². The molecule has 1 heterocycles. The van der Waals surface area contributed by atoms with Gasteiger partial charge in [-0.25, -0.2) is 4.98 Å². The van der Waals surface area contributed by atoms with Crippen LogP contribution in [-0.4, -0.2) is 16.7 Å². The van der Waals surface area contributed by atoms with Crippen LogP contribution in [0.4, 0.5) is 5.95 Å². The number of aromatic nitrogens is 2. The maximum absolute atomic E-state index is 6.34. The van der Waals surface area contributed by atoms with E-state index in [1.807, 2.05) is 30.3 Å². The van der Waals surface area contributed by atoms with Crippen LogP contribution in [0.5, 0.6) is 5.75 Å². The zero-order valence-corrected chi connectivity index (χ0v) is 14.0. The van der Waals surface area contributed by atoms with Crippen molar-refractivity contribution in [2.75, 3.05) is 12.8 Å². The fraction of sp³-hybridized carbons (Fsp3) is 0.0714. The summed E-state index contributed by atoms with van der Waals surface area (Å²) in [5.41, 5.74) is 8.19. The van der Waals surface area contributed by atoms with Crippen LogP contribution in [0.2, 0.25) is 10.0 Å². The Hall–Kier alpha value is -1.43. The minimum atomic E-state index is 0.315. The average molecular weight is 387 g/mol. The maximum Gasteiger partial charge on any atom is 0.206 e. The van der Waals surface area contributed by atoms with Gasteiger partial charge in [-0.3, -0.25) is 4.57 Å². The van der Waals surface area contributed by atoms with Crippen LogP contribution < -0.4 is 10.5 Å². The topological polar surface area (TPSA) is 53.1 Å². The molecule has 4 nitrogen and oxygen atoms in total. The molecule has 1 aromatic heterocycles. The zero-order valence-electron chi connectivity index (χ0n) is 10.9. The molecular formula is C14H10BrCl2N3O. The molecule has 0 radical (unpaired) electrons. The van der Waals surface area contributed by atoms with E-state index in [0.717, 1.165) is 9.99 Å². The van der Waals surface area contributed by atoms with E-state index in [0.29, 0.717) is 32.9 Å². The molecule has 3 rings (SSSR count). The summed E-state index contributed by atoms with van der Waals surface area (Å²) in [6, 6.07) is 9.24. The lowest BCUT2D eigenvalue weighted by Gasteiger charge is -2.11. The summed E-state index contributed by atoms with van der Waals surface area (Å²) >= 11 is 15.9. The molecule has 0 aliphatic carbocycles. The lowest BCUT2D eigenvalue weighted by atomic mass is 10.2. The Bertz CT molecular complexity index is 848. The van der Waals surface area contributed by atoms with E-state index in [9.17, 15) is 0 Å². The van der Waals surface area contributed by atoms with E-state index in [1.54, 1.807) is 11.7 Å². The Morgan fingerprint density at radius 1 is 1.19 bits per heavy atom.